The molecule has 0 aliphatic heterocycles. The van der Waals surface area contributed by atoms with Crippen molar-refractivity contribution in [3.63, 3.8) is 0 Å². The van der Waals surface area contributed by atoms with Crippen molar-refractivity contribution in [3.05, 3.63) is 59.0 Å². The Morgan fingerprint density at radius 2 is 1.65 bits per heavy atom. The number of benzene rings is 2. The lowest BCUT2D eigenvalue weighted by Crippen LogP contribution is -2.05. The van der Waals surface area contributed by atoms with Gasteiger partial charge in [-0.05, 0) is 49.2 Å². The van der Waals surface area contributed by atoms with E-state index in [-0.39, 0.29) is 11.7 Å². The topological polar surface area (TPSA) is 48.7 Å². The van der Waals surface area contributed by atoms with Crippen molar-refractivity contribution in [2.75, 3.05) is 7.11 Å². The SMILES string of the molecule is COc1ccc(-c2cc(=O)oc3cc(OC(C)C)ccc23)cc1. The van der Waals surface area contributed by atoms with Crippen molar-refractivity contribution in [2.45, 2.75) is 20.0 Å². The molecule has 2 aromatic carbocycles. The van der Waals surface area contributed by atoms with Crippen LogP contribution in [0.4, 0.5) is 0 Å². The van der Waals surface area contributed by atoms with Crippen LogP contribution in [-0.4, -0.2) is 13.2 Å². The van der Waals surface area contributed by atoms with Crippen molar-refractivity contribution in [3.8, 4) is 22.6 Å². The van der Waals surface area contributed by atoms with E-state index in [0.29, 0.717) is 11.3 Å². The zero-order chi connectivity index (χ0) is 16.4. The number of rotatable bonds is 4. The first-order valence-corrected chi connectivity index (χ1v) is 7.46. The molecule has 0 amide bonds. The fourth-order valence-corrected chi connectivity index (χ4v) is 2.50. The molecule has 3 aromatic rings. The first-order chi connectivity index (χ1) is 11.1. The standard InChI is InChI=1S/C19H18O4/c1-12(2)22-15-8-9-16-17(11-19(20)23-18(16)10-15)13-4-6-14(21-3)7-5-13/h4-12H,1-3H3. The number of hydrogen-bond acceptors (Lipinski definition) is 4. The number of ether oxygens (including phenoxy) is 2. The summed E-state index contributed by atoms with van der Waals surface area (Å²) in [5.74, 6) is 1.45. The molecule has 0 spiro atoms. The number of hydrogen-bond donors (Lipinski definition) is 0. The van der Waals surface area contributed by atoms with E-state index >= 15 is 0 Å². The predicted octanol–water partition coefficient (Wildman–Crippen LogP) is 4.26. The molecule has 0 unspecified atom stereocenters. The van der Waals surface area contributed by atoms with Gasteiger partial charge in [0.2, 0.25) is 0 Å². The van der Waals surface area contributed by atoms with E-state index in [4.69, 9.17) is 13.9 Å². The second-order valence-corrected chi connectivity index (χ2v) is 5.53. The highest BCUT2D eigenvalue weighted by atomic mass is 16.5. The van der Waals surface area contributed by atoms with Crippen LogP contribution < -0.4 is 15.1 Å². The Morgan fingerprint density at radius 3 is 2.30 bits per heavy atom. The highest BCUT2D eigenvalue weighted by Crippen LogP contribution is 2.30. The van der Waals surface area contributed by atoms with Gasteiger partial charge in [-0.25, -0.2) is 4.79 Å². The van der Waals surface area contributed by atoms with E-state index in [1.54, 1.807) is 13.2 Å². The van der Waals surface area contributed by atoms with E-state index in [0.717, 1.165) is 22.3 Å². The average molecular weight is 310 g/mol. The predicted molar refractivity (Wildman–Crippen MR) is 90.2 cm³/mol. The van der Waals surface area contributed by atoms with E-state index in [1.807, 2.05) is 50.2 Å². The molecule has 0 fully saturated rings. The number of fused-ring (bicyclic) bond motifs is 1. The van der Waals surface area contributed by atoms with Gasteiger partial charge in [-0.3, -0.25) is 0 Å². The summed E-state index contributed by atoms with van der Waals surface area (Å²) < 4.78 is 16.2. The van der Waals surface area contributed by atoms with Gasteiger partial charge in [-0.1, -0.05) is 12.1 Å². The van der Waals surface area contributed by atoms with Crippen molar-refractivity contribution < 1.29 is 13.9 Å². The minimum Gasteiger partial charge on any atom is -0.497 e. The Bertz CT molecular complexity index is 876. The molecule has 4 heteroatoms. The Morgan fingerprint density at radius 1 is 0.957 bits per heavy atom. The zero-order valence-electron chi connectivity index (χ0n) is 13.3. The van der Waals surface area contributed by atoms with E-state index in [1.165, 1.54) is 6.07 Å². The van der Waals surface area contributed by atoms with Crippen LogP contribution in [0, 0.1) is 0 Å². The van der Waals surface area contributed by atoms with Crippen LogP contribution in [0.25, 0.3) is 22.1 Å². The molecule has 0 aliphatic rings. The summed E-state index contributed by atoms with van der Waals surface area (Å²) in [4.78, 5) is 11.9. The van der Waals surface area contributed by atoms with E-state index < -0.39 is 0 Å². The molecule has 0 radical (unpaired) electrons. The van der Waals surface area contributed by atoms with Crippen molar-refractivity contribution >= 4 is 11.0 Å². The molecule has 4 nitrogen and oxygen atoms in total. The van der Waals surface area contributed by atoms with Crippen molar-refractivity contribution in [1.29, 1.82) is 0 Å². The van der Waals surface area contributed by atoms with Gasteiger partial charge in [0.15, 0.2) is 0 Å². The second kappa shape index (κ2) is 6.16. The van der Waals surface area contributed by atoms with Crippen molar-refractivity contribution in [2.24, 2.45) is 0 Å². The van der Waals surface area contributed by atoms with Crippen LogP contribution in [0.2, 0.25) is 0 Å². The monoisotopic (exact) mass is 310 g/mol. The molecule has 1 aromatic heterocycles. The minimum absolute atomic E-state index is 0.0592. The molecule has 0 aliphatic carbocycles. The van der Waals surface area contributed by atoms with Gasteiger partial charge < -0.3 is 13.9 Å². The fraction of sp³-hybridized carbons (Fsp3) is 0.211. The summed E-state index contributed by atoms with van der Waals surface area (Å²) in [7, 11) is 1.62. The molecule has 0 atom stereocenters. The highest BCUT2D eigenvalue weighted by Gasteiger charge is 2.10. The molecule has 0 bridgehead atoms. The first kappa shape index (κ1) is 15.2. The summed E-state index contributed by atoms with van der Waals surface area (Å²) in [6.07, 6.45) is 0.0592. The maximum absolute atomic E-state index is 11.9. The molecule has 0 N–H and O–H groups in total. The van der Waals surface area contributed by atoms with Gasteiger partial charge in [0.1, 0.15) is 17.1 Å². The summed E-state index contributed by atoms with van der Waals surface area (Å²) in [5, 5.41) is 0.867. The fourth-order valence-electron chi connectivity index (χ4n) is 2.50. The first-order valence-electron chi connectivity index (χ1n) is 7.46. The summed E-state index contributed by atoms with van der Waals surface area (Å²) in [6, 6.07) is 14.6. The lowest BCUT2D eigenvalue weighted by molar-refractivity contribution is 0.242. The molecular weight excluding hydrogens is 292 g/mol. The van der Waals surface area contributed by atoms with Crippen LogP contribution in [0.15, 0.2) is 57.7 Å². The quantitative estimate of drug-likeness (QED) is 0.676. The normalized spacial score (nSPS) is 11.0. The Balaban J connectivity index is 2.14. The average Bonchev–Trinajstić information content (AvgIpc) is 2.53. The third kappa shape index (κ3) is 3.21. The lowest BCUT2D eigenvalue weighted by Gasteiger charge is -2.11. The van der Waals surface area contributed by atoms with Gasteiger partial charge in [0.25, 0.3) is 0 Å². The highest BCUT2D eigenvalue weighted by molar-refractivity contribution is 5.93. The smallest absolute Gasteiger partial charge is 0.336 e. The molecule has 118 valence electrons. The molecule has 1 heterocycles. The summed E-state index contributed by atoms with van der Waals surface area (Å²) in [6.45, 7) is 3.91. The second-order valence-electron chi connectivity index (χ2n) is 5.53. The molecule has 0 saturated carbocycles. The molecular formula is C19H18O4. The largest absolute Gasteiger partial charge is 0.497 e. The lowest BCUT2D eigenvalue weighted by atomic mass is 10.0. The van der Waals surface area contributed by atoms with Gasteiger partial charge in [0.05, 0.1) is 13.2 Å². The molecule has 0 saturated heterocycles. The molecule has 23 heavy (non-hydrogen) atoms. The zero-order valence-corrected chi connectivity index (χ0v) is 13.3. The Kier molecular flexibility index (Phi) is 4.06. The Hall–Kier alpha value is -2.75. The van der Waals surface area contributed by atoms with Crippen LogP contribution in [0.5, 0.6) is 11.5 Å². The third-order valence-corrected chi connectivity index (χ3v) is 3.49. The van der Waals surface area contributed by atoms with Gasteiger partial charge in [-0.15, -0.1) is 0 Å². The van der Waals surface area contributed by atoms with Gasteiger partial charge >= 0.3 is 5.63 Å². The maximum atomic E-state index is 11.9. The van der Waals surface area contributed by atoms with E-state index in [9.17, 15) is 4.79 Å². The van der Waals surface area contributed by atoms with Crippen LogP contribution in [0.3, 0.4) is 0 Å². The molecule has 3 rings (SSSR count). The van der Waals surface area contributed by atoms with E-state index in [2.05, 4.69) is 0 Å². The van der Waals surface area contributed by atoms with Gasteiger partial charge in [0, 0.05) is 17.5 Å². The van der Waals surface area contributed by atoms with Crippen LogP contribution in [-0.2, 0) is 0 Å². The Labute approximate surface area is 134 Å². The van der Waals surface area contributed by atoms with Gasteiger partial charge in [-0.2, -0.15) is 0 Å². The van der Waals surface area contributed by atoms with Crippen molar-refractivity contribution in [1.82, 2.24) is 0 Å². The number of methoxy groups -OCH3 is 1. The maximum Gasteiger partial charge on any atom is 0.336 e. The summed E-state index contributed by atoms with van der Waals surface area (Å²) in [5.41, 5.74) is 1.89. The van der Waals surface area contributed by atoms with Crippen LogP contribution >= 0.6 is 0 Å². The minimum atomic E-state index is -0.384. The third-order valence-electron chi connectivity index (χ3n) is 3.49. The summed E-state index contributed by atoms with van der Waals surface area (Å²) >= 11 is 0. The van der Waals surface area contributed by atoms with Crippen LogP contribution in [0.1, 0.15) is 13.8 Å².